The number of nitro benzene ring substituents is 1. The number of likely N-dealkylation sites (N-methyl/N-ethyl adjacent to an activating group) is 1. The number of nitrogens with one attached hydrogen (secondary N) is 1. The smallest absolute Gasteiger partial charge is 0.272 e. The van der Waals surface area contributed by atoms with Crippen molar-refractivity contribution in [2.75, 3.05) is 6.54 Å². The third kappa shape index (κ3) is 3.89. The summed E-state index contributed by atoms with van der Waals surface area (Å²) in [5.74, 6) is 0. The maximum Gasteiger partial charge on any atom is 0.272 e. The van der Waals surface area contributed by atoms with Crippen LogP contribution >= 0.6 is 0 Å². The van der Waals surface area contributed by atoms with Crippen LogP contribution < -0.4 is 5.32 Å². The van der Waals surface area contributed by atoms with Gasteiger partial charge in [0.1, 0.15) is 0 Å². The minimum absolute atomic E-state index is 0.0796. The van der Waals surface area contributed by atoms with Gasteiger partial charge >= 0.3 is 0 Å². The third-order valence-corrected chi connectivity index (χ3v) is 3.51. The highest BCUT2D eigenvalue weighted by atomic mass is 16.6. The molecule has 1 N–H and O–H groups in total. The molecule has 0 aliphatic rings. The first-order valence-electron chi connectivity index (χ1n) is 7.14. The van der Waals surface area contributed by atoms with Crippen molar-refractivity contribution in [1.29, 1.82) is 0 Å². The number of rotatable bonds is 6. The van der Waals surface area contributed by atoms with Crippen LogP contribution in [0.2, 0.25) is 0 Å². The van der Waals surface area contributed by atoms with Gasteiger partial charge in [-0.25, -0.2) is 0 Å². The van der Waals surface area contributed by atoms with E-state index in [0.717, 1.165) is 17.7 Å². The second-order valence-electron chi connectivity index (χ2n) is 5.11. The number of para-hydroxylation sites is 1. The second-order valence-corrected chi connectivity index (χ2v) is 5.11. The van der Waals surface area contributed by atoms with Gasteiger partial charge in [-0.3, -0.25) is 10.1 Å². The van der Waals surface area contributed by atoms with Crippen molar-refractivity contribution < 1.29 is 4.92 Å². The van der Waals surface area contributed by atoms with Gasteiger partial charge in [-0.2, -0.15) is 0 Å². The maximum atomic E-state index is 11.1. The Morgan fingerprint density at radius 3 is 2.62 bits per heavy atom. The molecule has 1 atom stereocenters. The molecule has 0 heterocycles. The van der Waals surface area contributed by atoms with E-state index in [9.17, 15) is 10.1 Å². The minimum Gasteiger partial charge on any atom is -0.310 e. The summed E-state index contributed by atoms with van der Waals surface area (Å²) in [6.45, 7) is 4.92. The van der Waals surface area contributed by atoms with E-state index in [0.29, 0.717) is 6.42 Å². The van der Waals surface area contributed by atoms with E-state index in [1.165, 1.54) is 5.56 Å². The molecule has 0 saturated heterocycles. The van der Waals surface area contributed by atoms with Crippen molar-refractivity contribution in [3.05, 3.63) is 75.3 Å². The number of benzene rings is 2. The zero-order chi connectivity index (χ0) is 15.2. The van der Waals surface area contributed by atoms with Crippen LogP contribution in [0.4, 0.5) is 5.69 Å². The molecule has 0 radical (unpaired) electrons. The highest BCUT2D eigenvalue weighted by Gasteiger charge is 2.18. The van der Waals surface area contributed by atoms with Crippen LogP contribution in [0, 0.1) is 17.0 Å². The molecule has 2 aromatic rings. The molecule has 0 aliphatic carbocycles. The second kappa shape index (κ2) is 6.99. The van der Waals surface area contributed by atoms with Gasteiger partial charge in [0.15, 0.2) is 0 Å². The van der Waals surface area contributed by atoms with Crippen LogP contribution in [-0.4, -0.2) is 11.5 Å². The topological polar surface area (TPSA) is 55.2 Å². The Kier molecular flexibility index (Phi) is 5.06. The van der Waals surface area contributed by atoms with E-state index >= 15 is 0 Å². The van der Waals surface area contributed by atoms with Crippen LogP contribution in [0.25, 0.3) is 0 Å². The lowest BCUT2D eigenvalue weighted by Crippen LogP contribution is -2.23. The summed E-state index contributed by atoms with van der Waals surface area (Å²) in [6, 6.07) is 15.3. The molecule has 4 nitrogen and oxygen atoms in total. The molecule has 21 heavy (non-hydrogen) atoms. The molecule has 0 fully saturated rings. The van der Waals surface area contributed by atoms with E-state index in [4.69, 9.17) is 0 Å². The van der Waals surface area contributed by atoms with Crippen LogP contribution in [0.5, 0.6) is 0 Å². The number of aryl methyl sites for hydroxylation is 1. The lowest BCUT2D eigenvalue weighted by atomic mass is 9.96. The quantitative estimate of drug-likeness (QED) is 0.648. The Bertz CT molecular complexity index is 626. The van der Waals surface area contributed by atoms with Gasteiger partial charge in [0.05, 0.1) is 4.92 Å². The van der Waals surface area contributed by atoms with Crippen LogP contribution in [-0.2, 0) is 6.42 Å². The molecule has 0 spiro atoms. The number of nitrogens with zero attached hydrogens (tertiary/aromatic N) is 1. The van der Waals surface area contributed by atoms with Crippen molar-refractivity contribution in [1.82, 2.24) is 5.32 Å². The molecular weight excluding hydrogens is 264 g/mol. The first kappa shape index (κ1) is 15.2. The van der Waals surface area contributed by atoms with E-state index in [-0.39, 0.29) is 16.7 Å². The highest BCUT2D eigenvalue weighted by Crippen LogP contribution is 2.25. The summed E-state index contributed by atoms with van der Waals surface area (Å²) in [5.41, 5.74) is 3.30. The zero-order valence-electron chi connectivity index (χ0n) is 12.4. The van der Waals surface area contributed by atoms with Gasteiger partial charge in [0, 0.05) is 17.7 Å². The predicted molar refractivity (Wildman–Crippen MR) is 84.4 cm³/mol. The molecule has 2 rings (SSSR count). The predicted octanol–water partition coefficient (Wildman–Crippen LogP) is 3.80. The molecule has 0 saturated carbocycles. The Hall–Kier alpha value is -2.20. The summed E-state index contributed by atoms with van der Waals surface area (Å²) in [5, 5.41) is 14.6. The van der Waals surface area contributed by atoms with Gasteiger partial charge in [0.2, 0.25) is 0 Å². The fraction of sp³-hybridized carbons (Fsp3) is 0.294. The summed E-state index contributed by atoms with van der Waals surface area (Å²) < 4.78 is 0. The molecule has 4 heteroatoms. The van der Waals surface area contributed by atoms with Crippen molar-refractivity contribution in [3.63, 3.8) is 0 Å². The molecule has 1 unspecified atom stereocenters. The van der Waals surface area contributed by atoms with Gasteiger partial charge in [-0.1, -0.05) is 55.0 Å². The normalized spacial score (nSPS) is 12.1. The van der Waals surface area contributed by atoms with E-state index in [1.807, 2.05) is 25.1 Å². The summed E-state index contributed by atoms with van der Waals surface area (Å²) in [6.07, 6.45) is 0.606. The summed E-state index contributed by atoms with van der Waals surface area (Å²) in [4.78, 5) is 10.8. The van der Waals surface area contributed by atoms with Gasteiger partial charge in [0.25, 0.3) is 5.69 Å². The Balaban J connectivity index is 2.31. The SMILES string of the molecule is CCNC(Cc1ccccc1[N+](=O)[O-])c1cccc(C)c1. The van der Waals surface area contributed by atoms with Crippen LogP contribution in [0.15, 0.2) is 48.5 Å². The van der Waals surface area contributed by atoms with Gasteiger partial charge in [-0.15, -0.1) is 0 Å². The van der Waals surface area contributed by atoms with E-state index in [1.54, 1.807) is 12.1 Å². The largest absolute Gasteiger partial charge is 0.310 e. The monoisotopic (exact) mass is 284 g/mol. The summed E-state index contributed by atoms with van der Waals surface area (Å²) in [7, 11) is 0. The first-order valence-corrected chi connectivity index (χ1v) is 7.14. The maximum absolute atomic E-state index is 11.1. The minimum atomic E-state index is -0.311. The van der Waals surface area contributed by atoms with Crippen molar-refractivity contribution in [3.8, 4) is 0 Å². The molecule has 110 valence electrons. The van der Waals surface area contributed by atoms with Gasteiger partial charge in [-0.05, 0) is 25.5 Å². The lowest BCUT2D eigenvalue weighted by molar-refractivity contribution is -0.385. The first-order chi connectivity index (χ1) is 10.1. The fourth-order valence-electron chi connectivity index (χ4n) is 2.52. The Morgan fingerprint density at radius 1 is 1.19 bits per heavy atom. The average Bonchev–Trinajstić information content (AvgIpc) is 2.47. The number of hydrogen-bond acceptors (Lipinski definition) is 3. The third-order valence-electron chi connectivity index (χ3n) is 3.51. The molecule has 0 aromatic heterocycles. The molecule has 0 amide bonds. The van der Waals surface area contributed by atoms with Crippen molar-refractivity contribution >= 4 is 5.69 Å². The Labute approximate surface area is 125 Å². The number of nitro groups is 1. The number of hydrogen-bond donors (Lipinski definition) is 1. The molecule has 2 aromatic carbocycles. The summed E-state index contributed by atoms with van der Waals surface area (Å²) >= 11 is 0. The van der Waals surface area contributed by atoms with Crippen LogP contribution in [0.3, 0.4) is 0 Å². The molecule has 0 aliphatic heterocycles. The average molecular weight is 284 g/mol. The molecule has 0 bridgehead atoms. The molecular formula is C17H20N2O2. The zero-order valence-corrected chi connectivity index (χ0v) is 12.4. The van der Waals surface area contributed by atoms with Crippen LogP contribution in [0.1, 0.15) is 29.7 Å². The van der Waals surface area contributed by atoms with Crippen molar-refractivity contribution in [2.45, 2.75) is 26.3 Å². The van der Waals surface area contributed by atoms with E-state index in [2.05, 4.69) is 30.4 Å². The standard InChI is InChI=1S/C17H20N2O2/c1-3-18-16(14-9-6-7-13(2)11-14)12-15-8-4-5-10-17(15)19(20)21/h4-11,16,18H,3,12H2,1-2H3. The fourth-order valence-corrected chi connectivity index (χ4v) is 2.52. The lowest BCUT2D eigenvalue weighted by Gasteiger charge is -2.19. The van der Waals surface area contributed by atoms with E-state index < -0.39 is 0 Å². The Morgan fingerprint density at radius 2 is 1.95 bits per heavy atom. The highest BCUT2D eigenvalue weighted by molar-refractivity contribution is 5.41. The van der Waals surface area contributed by atoms with Crippen molar-refractivity contribution in [2.24, 2.45) is 0 Å². The van der Waals surface area contributed by atoms with Gasteiger partial charge < -0.3 is 5.32 Å².